The van der Waals surface area contributed by atoms with Crippen molar-refractivity contribution in [3.8, 4) is 5.69 Å². The summed E-state index contributed by atoms with van der Waals surface area (Å²) in [6.07, 6.45) is 11.5. The van der Waals surface area contributed by atoms with Crippen molar-refractivity contribution in [1.29, 1.82) is 0 Å². The Balaban J connectivity index is 1.51. The third kappa shape index (κ3) is 3.06. The van der Waals surface area contributed by atoms with Crippen LogP contribution in [0.5, 0.6) is 0 Å². The first-order valence-corrected chi connectivity index (χ1v) is 10.2. The number of para-hydroxylation sites is 1. The minimum atomic E-state index is 0.803. The van der Waals surface area contributed by atoms with E-state index in [2.05, 4.69) is 58.1 Å². The second-order valence-electron chi connectivity index (χ2n) is 7.93. The SMILES string of the molecule is Nc1ccc(-n2cc(C3=CCN(C4CCCC4)CC3)c3ccccc32)cc1. The summed E-state index contributed by atoms with van der Waals surface area (Å²) in [6.45, 7) is 2.29. The van der Waals surface area contributed by atoms with Gasteiger partial charge in [-0.25, -0.2) is 0 Å². The number of anilines is 1. The molecule has 2 aliphatic rings. The van der Waals surface area contributed by atoms with Crippen LogP contribution in [0.2, 0.25) is 0 Å². The van der Waals surface area contributed by atoms with Crippen molar-refractivity contribution in [2.45, 2.75) is 38.1 Å². The normalized spacial score (nSPS) is 18.9. The average Bonchev–Trinajstić information content (AvgIpc) is 3.37. The highest BCUT2D eigenvalue weighted by atomic mass is 15.2. The summed E-state index contributed by atoms with van der Waals surface area (Å²) in [6, 6.07) is 17.7. The van der Waals surface area contributed by atoms with E-state index in [1.165, 1.54) is 54.3 Å². The van der Waals surface area contributed by atoms with Crippen LogP contribution in [0.4, 0.5) is 5.69 Å². The molecule has 27 heavy (non-hydrogen) atoms. The number of rotatable bonds is 3. The van der Waals surface area contributed by atoms with Crippen LogP contribution >= 0.6 is 0 Å². The Morgan fingerprint density at radius 2 is 1.70 bits per heavy atom. The maximum atomic E-state index is 5.88. The van der Waals surface area contributed by atoms with Gasteiger partial charge in [-0.2, -0.15) is 0 Å². The van der Waals surface area contributed by atoms with Crippen LogP contribution in [0, 0.1) is 0 Å². The lowest BCUT2D eigenvalue weighted by molar-refractivity contribution is 0.219. The highest BCUT2D eigenvalue weighted by Crippen LogP contribution is 2.34. The van der Waals surface area contributed by atoms with E-state index >= 15 is 0 Å². The van der Waals surface area contributed by atoms with Crippen LogP contribution in [0.15, 0.2) is 60.8 Å². The average molecular weight is 358 g/mol. The van der Waals surface area contributed by atoms with E-state index in [-0.39, 0.29) is 0 Å². The molecular weight excluding hydrogens is 330 g/mol. The maximum absolute atomic E-state index is 5.88. The molecule has 1 aliphatic heterocycles. The van der Waals surface area contributed by atoms with Gasteiger partial charge in [-0.05, 0) is 55.2 Å². The molecule has 3 aromatic rings. The van der Waals surface area contributed by atoms with Gasteiger partial charge in [-0.1, -0.05) is 37.1 Å². The van der Waals surface area contributed by atoms with Gasteiger partial charge < -0.3 is 10.3 Å². The smallest absolute Gasteiger partial charge is 0.0534 e. The molecule has 0 bridgehead atoms. The first kappa shape index (κ1) is 16.6. The van der Waals surface area contributed by atoms with E-state index in [9.17, 15) is 0 Å². The predicted octanol–water partition coefficient (Wildman–Crippen LogP) is 5.24. The van der Waals surface area contributed by atoms with Crippen molar-refractivity contribution in [3.05, 3.63) is 66.4 Å². The first-order chi connectivity index (χ1) is 13.3. The first-order valence-electron chi connectivity index (χ1n) is 10.2. The fraction of sp³-hybridized carbons (Fsp3) is 0.333. The third-order valence-electron chi connectivity index (χ3n) is 6.31. The van der Waals surface area contributed by atoms with Gasteiger partial charge in [0.05, 0.1) is 5.52 Å². The Kier molecular flexibility index (Phi) is 4.25. The van der Waals surface area contributed by atoms with Gasteiger partial charge in [0.2, 0.25) is 0 Å². The molecule has 1 fully saturated rings. The van der Waals surface area contributed by atoms with Crippen LogP contribution in [0.25, 0.3) is 22.2 Å². The molecule has 0 unspecified atom stereocenters. The zero-order valence-electron chi connectivity index (χ0n) is 15.8. The number of aromatic nitrogens is 1. The zero-order valence-corrected chi connectivity index (χ0v) is 15.8. The molecule has 3 nitrogen and oxygen atoms in total. The summed E-state index contributed by atoms with van der Waals surface area (Å²) in [5.74, 6) is 0. The Morgan fingerprint density at radius 1 is 0.926 bits per heavy atom. The largest absolute Gasteiger partial charge is 0.399 e. The lowest BCUT2D eigenvalue weighted by Crippen LogP contribution is -2.36. The standard InChI is InChI=1S/C24H27N3/c25-19-9-11-21(12-10-19)27-17-23(22-7-3-4-8-24(22)27)18-13-15-26(16-14-18)20-5-1-2-6-20/h3-4,7-13,17,20H,1-2,5-6,14-16,25H2. The van der Waals surface area contributed by atoms with E-state index in [0.717, 1.165) is 30.4 Å². The van der Waals surface area contributed by atoms with Gasteiger partial charge in [0, 0.05) is 47.7 Å². The van der Waals surface area contributed by atoms with Crippen LogP contribution in [0.1, 0.15) is 37.7 Å². The van der Waals surface area contributed by atoms with E-state index in [0.29, 0.717) is 0 Å². The molecule has 2 N–H and O–H groups in total. The minimum absolute atomic E-state index is 0.803. The molecule has 0 amide bonds. The Morgan fingerprint density at radius 3 is 2.44 bits per heavy atom. The highest BCUT2D eigenvalue weighted by molar-refractivity contribution is 5.94. The monoisotopic (exact) mass is 357 g/mol. The van der Waals surface area contributed by atoms with Crippen molar-refractivity contribution in [2.24, 2.45) is 0 Å². The number of nitrogen functional groups attached to an aromatic ring is 1. The maximum Gasteiger partial charge on any atom is 0.0534 e. The van der Waals surface area contributed by atoms with E-state index in [1.807, 2.05) is 12.1 Å². The van der Waals surface area contributed by atoms with Crippen LogP contribution in [0.3, 0.4) is 0 Å². The highest BCUT2D eigenvalue weighted by Gasteiger charge is 2.25. The second-order valence-corrected chi connectivity index (χ2v) is 7.93. The van der Waals surface area contributed by atoms with Crippen molar-refractivity contribution >= 4 is 22.2 Å². The second kappa shape index (κ2) is 6.90. The fourth-order valence-corrected chi connectivity index (χ4v) is 4.81. The molecule has 1 saturated carbocycles. The van der Waals surface area contributed by atoms with Crippen molar-refractivity contribution < 1.29 is 0 Å². The van der Waals surface area contributed by atoms with E-state index in [4.69, 9.17) is 5.73 Å². The summed E-state index contributed by atoms with van der Waals surface area (Å²) in [4.78, 5) is 2.69. The number of hydrogen-bond acceptors (Lipinski definition) is 2. The van der Waals surface area contributed by atoms with Crippen LogP contribution in [-0.4, -0.2) is 28.6 Å². The lowest BCUT2D eigenvalue weighted by atomic mass is 9.98. The predicted molar refractivity (Wildman–Crippen MR) is 114 cm³/mol. The van der Waals surface area contributed by atoms with E-state index in [1.54, 1.807) is 0 Å². The minimum Gasteiger partial charge on any atom is -0.399 e. The molecule has 138 valence electrons. The molecule has 3 heteroatoms. The number of hydrogen-bond donors (Lipinski definition) is 1. The van der Waals surface area contributed by atoms with Gasteiger partial charge in [0.25, 0.3) is 0 Å². The molecular formula is C24H27N3. The number of fused-ring (bicyclic) bond motifs is 1. The number of nitrogens with zero attached hydrogens (tertiary/aromatic N) is 2. The quantitative estimate of drug-likeness (QED) is 0.650. The van der Waals surface area contributed by atoms with E-state index < -0.39 is 0 Å². The number of benzene rings is 2. The molecule has 0 saturated heterocycles. The summed E-state index contributed by atoms with van der Waals surface area (Å²) in [5.41, 5.74) is 12.0. The number of nitrogens with two attached hydrogens (primary N) is 1. The lowest BCUT2D eigenvalue weighted by Gasteiger charge is -2.31. The topological polar surface area (TPSA) is 34.2 Å². The molecule has 0 radical (unpaired) electrons. The molecule has 5 rings (SSSR count). The molecule has 1 aliphatic carbocycles. The molecule has 1 aromatic heterocycles. The van der Waals surface area contributed by atoms with Gasteiger partial charge in [0.15, 0.2) is 0 Å². The summed E-state index contributed by atoms with van der Waals surface area (Å²) >= 11 is 0. The summed E-state index contributed by atoms with van der Waals surface area (Å²) in [7, 11) is 0. The molecule has 2 heterocycles. The van der Waals surface area contributed by atoms with Gasteiger partial charge in [-0.3, -0.25) is 4.90 Å². The van der Waals surface area contributed by atoms with Gasteiger partial charge >= 0.3 is 0 Å². The Hall–Kier alpha value is -2.52. The van der Waals surface area contributed by atoms with Crippen LogP contribution in [-0.2, 0) is 0 Å². The van der Waals surface area contributed by atoms with Gasteiger partial charge in [0.1, 0.15) is 0 Å². The Bertz CT molecular complexity index is 975. The zero-order chi connectivity index (χ0) is 18.2. The third-order valence-corrected chi connectivity index (χ3v) is 6.31. The fourth-order valence-electron chi connectivity index (χ4n) is 4.81. The van der Waals surface area contributed by atoms with Crippen molar-refractivity contribution in [3.63, 3.8) is 0 Å². The molecule has 0 spiro atoms. The van der Waals surface area contributed by atoms with Crippen molar-refractivity contribution in [2.75, 3.05) is 18.8 Å². The molecule has 2 aromatic carbocycles. The summed E-state index contributed by atoms with van der Waals surface area (Å²) in [5, 5.41) is 1.34. The van der Waals surface area contributed by atoms with Crippen molar-refractivity contribution in [1.82, 2.24) is 9.47 Å². The summed E-state index contributed by atoms with van der Waals surface area (Å²) < 4.78 is 2.30. The molecule has 0 atom stereocenters. The van der Waals surface area contributed by atoms with Gasteiger partial charge in [-0.15, -0.1) is 0 Å². The van der Waals surface area contributed by atoms with Crippen LogP contribution < -0.4 is 5.73 Å². The Labute approximate surface area is 161 Å².